The SMILES string of the molecule is CN=c1scc(-c2cccs2)n1/N=C\c1cccnc1. The largest absolute Gasteiger partial charge is 0.264 e. The molecule has 6 heteroatoms. The molecule has 0 bridgehead atoms. The molecule has 0 amide bonds. The minimum absolute atomic E-state index is 0.869. The number of aromatic nitrogens is 2. The van der Waals surface area contributed by atoms with Crippen LogP contribution in [-0.4, -0.2) is 22.9 Å². The first kappa shape index (κ1) is 13.0. The topological polar surface area (TPSA) is 42.5 Å². The Morgan fingerprint density at radius 1 is 1.25 bits per heavy atom. The lowest BCUT2D eigenvalue weighted by Crippen LogP contribution is -2.11. The van der Waals surface area contributed by atoms with Gasteiger partial charge < -0.3 is 0 Å². The third kappa shape index (κ3) is 2.61. The van der Waals surface area contributed by atoms with Crippen molar-refractivity contribution in [2.75, 3.05) is 7.05 Å². The van der Waals surface area contributed by atoms with Crippen molar-refractivity contribution in [1.82, 2.24) is 9.66 Å². The lowest BCUT2D eigenvalue weighted by atomic mass is 10.3. The fourth-order valence-corrected chi connectivity index (χ4v) is 3.33. The first-order chi connectivity index (χ1) is 9.88. The zero-order chi connectivity index (χ0) is 13.8. The quantitative estimate of drug-likeness (QED) is 0.685. The predicted molar refractivity (Wildman–Crippen MR) is 84.3 cm³/mol. The van der Waals surface area contributed by atoms with Gasteiger partial charge >= 0.3 is 0 Å². The van der Waals surface area contributed by atoms with Gasteiger partial charge in [0.1, 0.15) is 0 Å². The van der Waals surface area contributed by atoms with Crippen LogP contribution in [0.5, 0.6) is 0 Å². The Balaban J connectivity index is 2.05. The Morgan fingerprint density at radius 3 is 2.90 bits per heavy atom. The van der Waals surface area contributed by atoms with E-state index in [9.17, 15) is 0 Å². The number of thiazole rings is 1. The zero-order valence-corrected chi connectivity index (χ0v) is 12.4. The van der Waals surface area contributed by atoms with Gasteiger partial charge in [0.05, 0.1) is 16.8 Å². The lowest BCUT2D eigenvalue weighted by Gasteiger charge is -2.00. The second kappa shape index (κ2) is 5.94. The van der Waals surface area contributed by atoms with Gasteiger partial charge in [0.15, 0.2) is 0 Å². The molecule has 3 heterocycles. The molecule has 0 unspecified atom stereocenters. The van der Waals surface area contributed by atoms with Crippen LogP contribution in [0.4, 0.5) is 0 Å². The molecule has 0 aliphatic rings. The average molecular weight is 300 g/mol. The van der Waals surface area contributed by atoms with Crippen LogP contribution in [0, 0.1) is 0 Å². The normalized spacial score (nSPS) is 12.3. The number of hydrogen-bond donors (Lipinski definition) is 0. The van der Waals surface area contributed by atoms with Crippen LogP contribution >= 0.6 is 22.7 Å². The standard InChI is InChI=1S/C14H12N4S2/c1-15-14-18(17-9-11-4-2-6-16-8-11)12(10-20-14)13-5-3-7-19-13/h2-10H,1H3/b15-14?,17-9-. The van der Waals surface area contributed by atoms with Crippen LogP contribution in [0.15, 0.2) is 57.5 Å². The molecule has 0 N–H and O–H groups in total. The van der Waals surface area contributed by atoms with Crippen molar-refractivity contribution in [2.24, 2.45) is 10.1 Å². The van der Waals surface area contributed by atoms with Crippen LogP contribution in [0.2, 0.25) is 0 Å². The first-order valence-corrected chi connectivity index (χ1v) is 7.76. The summed E-state index contributed by atoms with van der Waals surface area (Å²) in [6.07, 6.45) is 5.33. The van der Waals surface area contributed by atoms with Crippen LogP contribution in [0.3, 0.4) is 0 Å². The minimum Gasteiger partial charge on any atom is -0.264 e. The van der Waals surface area contributed by atoms with Gasteiger partial charge in [-0.1, -0.05) is 12.1 Å². The van der Waals surface area contributed by atoms with Crippen molar-refractivity contribution in [3.8, 4) is 10.6 Å². The van der Waals surface area contributed by atoms with Gasteiger partial charge in [-0.2, -0.15) is 5.10 Å². The second-order valence-electron chi connectivity index (χ2n) is 3.95. The van der Waals surface area contributed by atoms with Crippen LogP contribution < -0.4 is 4.80 Å². The molecule has 0 spiro atoms. The molecule has 20 heavy (non-hydrogen) atoms. The predicted octanol–water partition coefficient (Wildman–Crippen LogP) is 3.09. The van der Waals surface area contributed by atoms with Crippen LogP contribution in [0.25, 0.3) is 10.6 Å². The van der Waals surface area contributed by atoms with Crippen molar-refractivity contribution in [1.29, 1.82) is 0 Å². The Bertz CT molecular complexity index is 767. The molecule has 0 aromatic carbocycles. The zero-order valence-electron chi connectivity index (χ0n) is 10.8. The highest BCUT2D eigenvalue weighted by Crippen LogP contribution is 2.24. The Labute approximate surface area is 124 Å². The van der Waals surface area contributed by atoms with Crippen molar-refractivity contribution in [3.63, 3.8) is 0 Å². The molecule has 0 aliphatic carbocycles. The summed E-state index contributed by atoms with van der Waals surface area (Å²) in [7, 11) is 1.78. The van der Waals surface area contributed by atoms with E-state index >= 15 is 0 Å². The van der Waals surface area contributed by atoms with Gasteiger partial charge in [-0.05, 0) is 17.5 Å². The van der Waals surface area contributed by atoms with Crippen molar-refractivity contribution < 1.29 is 0 Å². The highest BCUT2D eigenvalue weighted by molar-refractivity contribution is 7.14. The van der Waals surface area contributed by atoms with Crippen LogP contribution in [-0.2, 0) is 0 Å². The van der Waals surface area contributed by atoms with Gasteiger partial charge in [0.25, 0.3) is 0 Å². The van der Waals surface area contributed by atoms with Crippen molar-refractivity contribution >= 4 is 28.9 Å². The Kier molecular flexibility index (Phi) is 3.85. The number of pyridine rings is 1. The summed E-state index contributed by atoms with van der Waals surface area (Å²) >= 11 is 3.28. The fourth-order valence-electron chi connectivity index (χ4n) is 1.73. The molecular formula is C14H12N4S2. The summed E-state index contributed by atoms with van der Waals surface area (Å²) in [4.78, 5) is 10.4. The third-order valence-electron chi connectivity index (χ3n) is 2.66. The van der Waals surface area contributed by atoms with E-state index in [1.807, 2.05) is 22.9 Å². The van der Waals surface area contributed by atoms with E-state index in [2.05, 4.69) is 31.9 Å². The summed E-state index contributed by atoms with van der Waals surface area (Å²) in [6, 6.07) is 7.99. The van der Waals surface area contributed by atoms with Crippen LogP contribution in [0.1, 0.15) is 5.56 Å². The molecule has 0 saturated carbocycles. The molecule has 0 radical (unpaired) electrons. The molecule has 3 rings (SSSR count). The fraction of sp³-hybridized carbons (Fsp3) is 0.0714. The van der Waals surface area contributed by atoms with E-state index < -0.39 is 0 Å². The summed E-state index contributed by atoms with van der Waals surface area (Å²) in [6.45, 7) is 0. The highest BCUT2D eigenvalue weighted by Gasteiger charge is 2.07. The monoisotopic (exact) mass is 300 g/mol. The maximum atomic E-state index is 4.54. The number of hydrogen-bond acceptors (Lipinski definition) is 5. The number of rotatable bonds is 3. The summed E-state index contributed by atoms with van der Waals surface area (Å²) in [5, 5.41) is 8.68. The Morgan fingerprint density at radius 2 is 2.20 bits per heavy atom. The smallest absolute Gasteiger partial charge is 0.205 e. The summed E-state index contributed by atoms with van der Waals surface area (Å²) in [5.74, 6) is 0. The van der Waals surface area contributed by atoms with E-state index in [1.54, 1.807) is 48.3 Å². The van der Waals surface area contributed by atoms with Gasteiger partial charge in [0.2, 0.25) is 4.80 Å². The molecule has 0 atom stereocenters. The number of nitrogens with zero attached hydrogens (tertiary/aromatic N) is 4. The van der Waals surface area contributed by atoms with E-state index in [-0.39, 0.29) is 0 Å². The molecule has 0 saturated heterocycles. The van der Waals surface area contributed by atoms with Gasteiger partial charge in [-0.15, -0.1) is 22.7 Å². The van der Waals surface area contributed by atoms with E-state index in [4.69, 9.17) is 0 Å². The maximum absolute atomic E-state index is 4.54. The Hall–Kier alpha value is -2.05. The average Bonchev–Trinajstić information content (AvgIpc) is 3.14. The highest BCUT2D eigenvalue weighted by atomic mass is 32.1. The molecule has 100 valence electrons. The minimum atomic E-state index is 0.869. The third-order valence-corrected chi connectivity index (χ3v) is 4.46. The van der Waals surface area contributed by atoms with Gasteiger partial charge in [-0.25, -0.2) is 4.68 Å². The van der Waals surface area contributed by atoms with E-state index in [0.29, 0.717) is 0 Å². The van der Waals surface area contributed by atoms with Crippen molar-refractivity contribution in [2.45, 2.75) is 0 Å². The number of thiophene rings is 1. The molecule has 0 fully saturated rings. The molecule has 4 nitrogen and oxygen atoms in total. The van der Waals surface area contributed by atoms with E-state index in [1.165, 1.54) is 4.88 Å². The maximum Gasteiger partial charge on any atom is 0.205 e. The summed E-state index contributed by atoms with van der Waals surface area (Å²) < 4.78 is 1.86. The second-order valence-corrected chi connectivity index (χ2v) is 5.73. The van der Waals surface area contributed by atoms with Gasteiger partial charge in [0, 0.05) is 30.4 Å². The summed E-state index contributed by atoms with van der Waals surface area (Å²) in [5.41, 5.74) is 2.02. The molecular weight excluding hydrogens is 288 g/mol. The van der Waals surface area contributed by atoms with Gasteiger partial charge in [-0.3, -0.25) is 9.98 Å². The molecule has 3 aromatic heterocycles. The molecule has 3 aromatic rings. The van der Waals surface area contributed by atoms with Crippen molar-refractivity contribution in [3.05, 3.63) is 57.8 Å². The first-order valence-electron chi connectivity index (χ1n) is 6.00. The van der Waals surface area contributed by atoms with E-state index in [0.717, 1.165) is 16.1 Å². The lowest BCUT2D eigenvalue weighted by molar-refractivity contribution is 0.850. The molecule has 0 aliphatic heterocycles.